The van der Waals surface area contributed by atoms with Gasteiger partial charge in [-0.3, -0.25) is 0 Å². The molecule has 0 atom stereocenters. The van der Waals surface area contributed by atoms with Crippen molar-refractivity contribution in [2.75, 3.05) is 18.0 Å². The van der Waals surface area contributed by atoms with Crippen LogP contribution in [0.1, 0.15) is 23.2 Å². The summed E-state index contributed by atoms with van der Waals surface area (Å²) in [6.07, 6.45) is -4.13. The van der Waals surface area contributed by atoms with E-state index in [-0.39, 0.29) is 31.5 Å². The lowest BCUT2D eigenvalue weighted by Gasteiger charge is -2.35. The second kappa shape index (κ2) is 5.11. The lowest BCUT2D eigenvalue weighted by molar-refractivity contribution is -0.179. The number of hydrogen-bond donors (Lipinski definition) is 1. The van der Waals surface area contributed by atoms with Crippen LogP contribution in [0.5, 0.6) is 0 Å². The van der Waals surface area contributed by atoms with Crippen LogP contribution in [-0.4, -0.2) is 30.3 Å². The number of alkyl halides is 3. The molecule has 1 aliphatic rings. The van der Waals surface area contributed by atoms with Crippen molar-refractivity contribution in [3.63, 3.8) is 0 Å². The number of hydrogen-bond acceptors (Lipinski definition) is 2. The minimum absolute atomic E-state index is 0.0114. The Morgan fingerprint density at radius 2 is 1.79 bits per heavy atom. The van der Waals surface area contributed by atoms with E-state index in [1.165, 1.54) is 6.07 Å². The molecule has 0 spiro atoms. The standard InChI is InChI=1S/C13H14F3NO2/c14-13(15,16)9-5-7-17(8-6-9)11-4-2-1-3-10(11)12(18)19/h1-4,9H,5-8H2,(H,18,19). The summed E-state index contributed by atoms with van der Waals surface area (Å²) in [5.74, 6) is -2.34. The number of anilines is 1. The van der Waals surface area contributed by atoms with E-state index in [1.807, 2.05) is 0 Å². The van der Waals surface area contributed by atoms with Crippen LogP contribution in [0.15, 0.2) is 24.3 Å². The van der Waals surface area contributed by atoms with Gasteiger partial charge in [0.1, 0.15) is 0 Å². The SMILES string of the molecule is O=C(O)c1ccccc1N1CCC(C(F)(F)F)CC1. The summed E-state index contributed by atoms with van der Waals surface area (Å²) in [4.78, 5) is 12.8. The van der Waals surface area contributed by atoms with Gasteiger partial charge in [0.15, 0.2) is 0 Å². The van der Waals surface area contributed by atoms with Gasteiger partial charge in [-0.05, 0) is 25.0 Å². The fourth-order valence-electron chi connectivity index (χ4n) is 2.38. The van der Waals surface area contributed by atoms with Gasteiger partial charge in [-0.25, -0.2) is 4.79 Å². The fraction of sp³-hybridized carbons (Fsp3) is 0.462. The van der Waals surface area contributed by atoms with E-state index >= 15 is 0 Å². The Kier molecular flexibility index (Phi) is 3.68. The van der Waals surface area contributed by atoms with E-state index in [9.17, 15) is 18.0 Å². The highest BCUT2D eigenvalue weighted by atomic mass is 19.4. The highest BCUT2D eigenvalue weighted by molar-refractivity contribution is 5.94. The lowest BCUT2D eigenvalue weighted by atomic mass is 9.95. The summed E-state index contributed by atoms with van der Waals surface area (Å²) < 4.78 is 37.7. The van der Waals surface area contributed by atoms with Crippen LogP contribution in [0, 0.1) is 5.92 Å². The van der Waals surface area contributed by atoms with E-state index in [2.05, 4.69) is 0 Å². The average molecular weight is 273 g/mol. The summed E-state index contributed by atoms with van der Waals surface area (Å²) in [6, 6.07) is 6.40. The first kappa shape index (κ1) is 13.7. The quantitative estimate of drug-likeness (QED) is 0.899. The first-order chi connectivity index (χ1) is 8.89. The van der Waals surface area contributed by atoms with Gasteiger partial charge >= 0.3 is 12.1 Å². The van der Waals surface area contributed by atoms with Crippen molar-refractivity contribution in [2.24, 2.45) is 5.92 Å². The molecule has 1 saturated heterocycles. The lowest BCUT2D eigenvalue weighted by Crippen LogP contribution is -2.39. The van der Waals surface area contributed by atoms with Crippen LogP contribution in [-0.2, 0) is 0 Å². The molecule has 0 amide bonds. The van der Waals surface area contributed by atoms with Crippen molar-refractivity contribution in [2.45, 2.75) is 19.0 Å². The van der Waals surface area contributed by atoms with Gasteiger partial charge in [0.25, 0.3) is 0 Å². The second-order valence-corrected chi connectivity index (χ2v) is 4.63. The van der Waals surface area contributed by atoms with Gasteiger partial charge in [-0.15, -0.1) is 0 Å². The number of carboxylic acids is 1. The van der Waals surface area contributed by atoms with Crippen LogP contribution >= 0.6 is 0 Å². The molecule has 2 rings (SSSR count). The Balaban J connectivity index is 2.12. The highest BCUT2D eigenvalue weighted by Crippen LogP contribution is 2.35. The number of carbonyl (C=O) groups is 1. The molecule has 0 unspecified atom stereocenters. The van der Waals surface area contributed by atoms with E-state index in [1.54, 1.807) is 23.1 Å². The summed E-state index contributed by atoms with van der Waals surface area (Å²) in [5.41, 5.74) is 0.628. The zero-order valence-corrected chi connectivity index (χ0v) is 10.2. The third kappa shape index (κ3) is 3.00. The van der Waals surface area contributed by atoms with E-state index in [0.717, 1.165) is 0 Å². The number of carboxylic acid groups (broad SMARTS) is 1. The van der Waals surface area contributed by atoms with E-state index in [4.69, 9.17) is 5.11 Å². The molecule has 1 aromatic rings. The Morgan fingerprint density at radius 1 is 1.21 bits per heavy atom. The van der Waals surface area contributed by atoms with Crippen molar-refractivity contribution in [1.82, 2.24) is 0 Å². The predicted molar refractivity (Wildman–Crippen MR) is 64.4 cm³/mol. The molecule has 1 N–H and O–H groups in total. The smallest absolute Gasteiger partial charge is 0.391 e. The molecule has 1 heterocycles. The van der Waals surface area contributed by atoms with Crippen molar-refractivity contribution in [1.29, 1.82) is 0 Å². The normalized spacial score (nSPS) is 17.5. The molecule has 0 aromatic heterocycles. The monoisotopic (exact) mass is 273 g/mol. The number of nitrogens with zero attached hydrogens (tertiary/aromatic N) is 1. The molecule has 0 radical (unpaired) electrons. The van der Waals surface area contributed by atoms with Crippen molar-refractivity contribution >= 4 is 11.7 Å². The van der Waals surface area contributed by atoms with Crippen molar-refractivity contribution in [3.8, 4) is 0 Å². The third-order valence-corrected chi connectivity index (χ3v) is 3.43. The van der Waals surface area contributed by atoms with E-state index in [0.29, 0.717) is 5.69 Å². The molecule has 1 aliphatic heterocycles. The van der Waals surface area contributed by atoms with Crippen molar-refractivity contribution < 1.29 is 23.1 Å². The summed E-state index contributed by atoms with van der Waals surface area (Å²) >= 11 is 0. The van der Waals surface area contributed by atoms with Gasteiger partial charge in [0.05, 0.1) is 17.2 Å². The minimum atomic E-state index is -4.15. The zero-order chi connectivity index (χ0) is 14.0. The fourth-order valence-corrected chi connectivity index (χ4v) is 2.38. The highest BCUT2D eigenvalue weighted by Gasteiger charge is 2.41. The number of aromatic carboxylic acids is 1. The molecule has 1 fully saturated rings. The number of para-hydroxylation sites is 1. The molecule has 3 nitrogen and oxygen atoms in total. The van der Waals surface area contributed by atoms with Gasteiger partial charge in [-0.1, -0.05) is 12.1 Å². The number of benzene rings is 1. The molecule has 19 heavy (non-hydrogen) atoms. The number of piperidine rings is 1. The maximum absolute atomic E-state index is 12.6. The zero-order valence-electron chi connectivity index (χ0n) is 10.2. The Morgan fingerprint density at radius 3 is 2.32 bits per heavy atom. The molecule has 104 valence electrons. The Hall–Kier alpha value is -1.72. The molecular weight excluding hydrogens is 259 g/mol. The minimum Gasteiger partial charge on any atom is -0.478 e. The van der Waals surface area contributed by atoms with Gasteiger partial charge in [0, 0.05) is 13.1 Å². The molecule has 0 aliphatic carbocycles. The van der Waals surface area contributed by atoms with Gasteiger partial charge < -0.3 is 10.0 Å². The van der Waals surface area contributed by atoms with Crippen LogP contribution < -0.4 is 4.90 Å². The van der Waals surface area contributed by atoms with Gasteiger partial charge in [0.2, 0.25) is 0 Å². The maximum Gasteiger partial charge on any atom is 0.391 e. The molecule has 0 saturated carbocycles. The summed E-state index contributed by atoms with van der Waals surface area (Å²) in [6.45, 7) is 0.461. The van der Waals surface area contributed by atoms with Crippen LogP contribution in [0.25, 0.3) is 0 Å². The first-order valence-corrected chi connectivity index (χ1v) is 6.03. The average Bonchev–Trinajstić information content (AvgIpc) is 2.38. The van der Waals surface area contributed by atoms with Crippen LogP contribution in [0.3, 0.4) is 0 Å². The predicted octanol–water partition coefficient (Wildman–Crippen LogP) is 3.16. The van der Waals surface area contributed by atoms with Crippen LogP contribution in [0.2, 0.25) is 0 Å². The topological polar surface area (TPSA) is 40.5 Å². The Labute approximate surface area is 108 Å². The summed E-state index contributed by atoms with van der Waals surface area (Å²) in [5, 5.41) is 9.07. The Bertz CT molecular complexity index is 465. The van der Waals surface area contributed by atoms with Crippen molar-refractivity contribution in [3.05, 3.63) is 29.8 Å². The van der Waals surface area contributed by atoms with Crippen LogP contribution in [0.4, 0.5) is 18.9 Å². The van der Waals surface area contributed by atoms with Gasteiger partial charge in [-0.2, -0.15) is 13.2 Å². The molecular formula is C13H14F3NO2. The summed E-state index contributed by atoms with van der Waals surface area (Å²) in [7, 11) is 0. The second-order valence-electron chi connectivity index (χ2n) is 4.63. The van der Waals surface area contributed by atoms with E-state index < -0.39 is 18.1 Å². The molecule has 1 aromatic carbocycles. The maximum atomic E-state index is 12.6. The molecule has 0 bridgehead atoms. The first-order valence-electron chi connectivity index (χ1n) is 6.03. The molecule has 6 heteroatoms. The number of halogens is 3. The third-order valence-electron chi connectivity index (χ3n) is 3.43. The number of rotatable bonds is 2. The largest absolute Gasteiger partial charge is 0.478 e.